The van der Waals surface area contributed by atoms with Crippen molar-refractivity contribution in [2.24, 2.45) is 0 Å². The summed E-state index contributed by atoms with van der Waals surface area (Å²) in [5.74, 6) is 0. The number of fused-ring (bicyclic) bond motifs is 3. The molecule has 0 radical (unpaired) electrons. The first-order valence-electron chi connectivity index (χ1n) is 16.7. The van der Waals surface area contributed by atoms with Crippen LogP contribution in [0.1, 0.15) is 63.8 Å². The van der Waals surface area contributed by atoms with Gasteiger partial charge in [-0.2, -0.15) is 0 Å². The van der Waals surface area contributed by atoms with E-state index in [4.69, 9.17) is 4.98 Å². The molecule has 0 atom stereocenters. The third-order valence-corrected chi connectivity index (χ3v) is 9.58. The average Bonchev–Trinajstić information content (AvgIpc) is 3.43. The van der Waals surface area contributed by atoms with Crippen molar-refractivity contribution in [3.63, 3.8) is 0 Å². The molecule has 7 aromatic rings. The van der Waals surface area contributed by atoms with Gasteiger partial charge in [0, 0.05) is 27.4 Å². The van der Waals surface area contributed by atoms with Crippen molar-refractivity contribution in [1.29, 1.82) is 0 Å². The number of hydrogen-bond acceptors (Lipinski definition) is 1. The van der Waals surface area contributed by atoms with Crippen LogP contribution < -0.4 is 0 Å². The van der Waals surface area contributed by atoms with E-state index in [1.54, 1.807) is 0 Å². The normalized spacial score (nSPS) is 12.3. The van der Waals surface area contributed by atoms with Crippen molar-refractivity contribution in [3.8, 4) is 44.8 Å². The van der Waals surface area contributed by atoms with E-state index in [0.717, 1.165) is 33.5 Å². The molecule has 0 fully saturated rings. The molecular weight excluding hydrogens is 569 g/mol. The van der Waals surface area contributed by atoms with Gasteiger partial charge >= 0.3 is 0 Å². The number of benzene rings is 5. The molecule has 1 N–H and O–H groups in total. The van der Waals surface area contributed by atoms with E-state index in [2.05, 4.69) is 176 Å². The monoisotopic (exact) mass is 612 g/mol. The number of aromatic nitrogens is 2. The van der Waals surface area contributed by atoms with Gasteiger partial charge in [0.2, 0.25) is 0 Å². The highest BCUT2D eigenvalue weighted by molar-refractivity contribution is 6.11. The molecule has 2 heteroatoms. The molecule has 0 spiro atoms. The lowest BCUT2D eigenvalue weighted by Crippen LogP contribution is -2.10. The molecule has 2 heterocycles. The number of H-pyrrole nitrogens is 1. The zero-order valence-electron chi connectivity index (χ0n) is 28.9. The minimum Gasteiger partial charge on any atom is -0.354 e. The van der Waals surface area contributed by atoms with Crippen LogP contribution in [0.5, 0.6) is 0 Å². The van der Waals surface area contributed by atoms with Crippen LogP contribution in [-0.2, 0) is 10.8 Å². The van der Waals surface area contributed by atoms with Crippen molar-refractivity contribution < 1.29 is 0 Å². The summed E-state index contributed by atoms with van der Waals surface area (Å²) >= 11 is 0. The molecule has 0 saturated heterocycles. The van der Waals surface area contributed by atoms with Crippen molar-refractivity contribution >= 4 is 21.8 Å². The first-order chi connectivity index (χ1) is 22.4. The maximum Gasteiger partial charge on any atom is 0.0759 e. The minimum absolute atomic E-state index is 0.105. The minimum atomic E-state index is 0.105. The third kappa shape index (κ3) is 5.78. The van der Waals surface area contributed by atoms with Crippen LogP contribution in [0.4, 0.5) is 0 Å². The molecule has 2 nitrogen and oxygen atoms in total. The molecule has 0 unspecified atom stereocenters. The molecular formula is C45H44N2. The molecule has 0 aliphatic heterocycles. The van der Waals surface area contributed by atoms with E-state index in [-0.39, 0.29) is 10.8 Å². The van der Waals surface area contributed by atoms with Gasteiger partial charge in [-0.1, -0.05) is 133 Å². The average molecular weight is 613 g/mol. The second-order valence-electron chi connectivity index (χ2n) is 15.2. The van der Waals surface area contributed by atoms with E-state index >= 15 is 0 Å². The summed E-state index contributed by atoms with van der Waals surface area (Å²) in [6.07, 6.45) is 0. The first-order valence-corrected chi connectivity index (χ1v) is 16.7. The fraction of sp³-hybridized carbons (Fsp3) is 0.222. The van der Waals surface area contributed by atoms with Crippen LogP contribution in [0.3, 0.4) is 0 Å². The van der Waals surface area contributed by atoms with Gasteiger partial charge in [0.15, 0.2) is 0 Å². The Bertz CT molecular complexity index is 2170. The summed E-state index contributed by atoms with van der Waals surface area (Å²) < 4.78 is 0. The number of hydrogen-bond donors (Lipinski definition) is 1. The lowest BCUT2D eigenvalue weighted by Gasteiger charge is -2.20. The van der Waals surface area contributed by atoms with Crippen LogP contribution in [0.25, 0.3) is 66.6 Å². The number of rotatable bonds is 4. The highest BCUT2D eigenvalue weighted by Gasteiger charge is 2.18. The summed E-state index contributed by atoms with van der Waals surface area (Å²) in [4.78, 5) is 9.17. The number of nitrogens with one attached hydrogen (secondary N) is 1. The molecule has 2 aromatic heterocycles. The number of aromatic amines is 1. The van der Waals surface area contributed by atoms with Crippen LogP contribution in [0.15, 0.2) is 115 Å². The Balaban J connectivity index is 1.41. The second-order valence-corrected chi connectivity index (χ2v) is 15.2. The van der Waals surface area contributed by atoms with E-state index < -0.39 is 0 Å². The topological polar surface area (TPSA) is 28.7 Å². The molecule has 7 rings (SSSR count). The predicted octanol–water partition coefficient (Wildman–Crippen LogP) is 12.6. The molecule has 0 aliphatic carbocycles. The van der Waals surface area contributed by atoms with Gasteiger partial charge in [-0.05, 0) is 93.5 Å². The smallest absolute Gasteiger partial charge is 0.0759 e. The summed E-state index contributed by atoms with van der Waals surface area (Å²) in [6, 6.07) is 42.5. The fourth-order valence-electron chi connectivity index (χ4n) is 6.81. The standard InChI is InChI=1S/C45H44N2/c1-28-24-29(2)42(39-14-11-13-38-37-12-9-10-15-40(37)46-43(38)39)47-41(28)34-26-32(30-16-20-35(21-17-30)44(3,4)5)25-33(27-34)31-18-22-36(23-19-31)45(6,7)8/h9-27,46H,1-8H3. The van der Waals surface area contributed by atoms with Crippen LogP contribution >= 0.6 is 0 Å². The highest BCUT2D eigenvalue weighted by atomic mass is 14.8. The summed E-state index contributed by atoms with van der Waals surface area (Å²) in [7, 11) is 0. The quantitative estimate of drug-likeness (QED) is 0.210. The van der Waals surface area contributed by atoms with Gasteiger partial charge in [-0.3, -0.25) is 0 Å². The van der Waals surface area contributed by atoms with Crippen molar-refractivity contribution in [1.82, 2.24) is 9.97 Å². The lowest BCUT2D eigenvalue weighted by molar-refractivity contribution is 0.590. The molecule has 0 bridgehead atoms. The Morgan fingerprint density at radius 3 is 1.55 bits per heavy atom. The SMILES string of the molecule is Cc1cc(C)c(-c2cccc3c2[nH]c2ccccc23)nc1-c1cc(-c2ccc(C(C)(C)C)cc2)cc(-c2ccc(C(C)(C)C)cc2)c1. The van der Waals surface area contributed by atoms with Crippen LogP contribution in [0, 0.1) is 13.8 Å². The number of pyridine rings is 1. The largest absolute Gasteiger partial charge is 0.354 e. The van der Waals surface area contributed by atoms with Gasteiger partial charge in [-0.25, -0.2) is 4.98 Å². The van der Waals surface area contributed by atoms with E-state index in [1.165, 1.54) is 55.3 Å². The zero-order chi connectivity index (χ0) is 33.1. The zero-order valence-corrected chi connectivity index (χ0v) is 28.9. The molecule has 47 heavy (non-hydrogen) atoms. The van der Waals surface area contributed by atoms with Crippen LogP contribution in [0.2, 0.25) is 0 Å². The third-order valence-electron chi connectivity index (χ3n) is 9.58. The van der Waals surface area contributed by atoms with Gasteiger partial charge in [0.05, 0.1) is 16.9 Å². The van der Waals surface area contributed by atoms with Gasteiger partial charge < -0.3 is 4.98 Å². The molecule has 5 aromatic carbocycles. The van der Waals surface area contributed by atoms with Crippen molar-refractivity contribution in [2.45, 2.75) is 66.2 Å². The summed E-state index contributed by atoms with van der Waals surface area (Å²) in [5, 5.41) is 2.46. The number of nitrogens with zero attached hydrogens (tertiary/aromatic N) is 1. The predicted molar refractivity (Wildman–Crippen MR) is 202 cm³/mol. The maximum absolute atomic E-state index is 5.48. The molecule has 0 saturated carbocycles. The summed E-state index contributed by atoms with van der Waals surface area (Å²) in [5.41, 5.74) is 16.6. The Kier molecular flexibility index (Phi) is 7.43. The summed E-state index contributed by atoms with van der Waals surface area (Å²) in [6.45, 7) is 18.0. The van der Waals surface area contributed by atoms with Gasteiger partial charge in [-0.15, -0.1) is 0 Å². The Labute approximate surface area is 279 Å². The number of aryl methyl sites for hydroxylation is 2. The van der Waals surface area contributed by atoms with Crippen LogP contribution in [-0.4, -0.2) is 9.97 Å². The molecule has 0 aliphatic rings. The fourth-order valence-corrected chi connectivity index (χ4v) is 6.81. The number of para-hydroxylation sites is 2. The van der Waals surface area contributed by atoms with E-state index in [0.29, 0.717) is 0 Å². The Hall–Kier alpha value is -4.95. The van der Waals surface area contributed by atoms with Gasteiger partial charge in [0.1, 0.15) is 0 Å². The van der Waals surface area contributed by atoms with Gasteiger partial charge in [0.25, 0.3) is 0 Å². The Morgan fingerprint density at radius 2 is 0.979 bits per heavy atom. The highest BCUT2D eigenvalue weighted by Crippen LogP contribution is 2.39. The second kappa shape index (κ2) is 11.4. The van der Waals surface area contributed by atoms with Crippen molar-refractivity contribution in [3.05, 3.63) is 138 Å². The van der Waals surface area contributed by atoms with E-state index in [1.807, 2.05) is 0 Å². The first kappa shape index (κ1) is 30.7. The Morgan fingerprint density at radius 1 is 0.468 bits per heavy atom. The lowest BCUT2D eigenvalue weighted by atomic mass is 9.85. The van der Waals surface area contributed by atoms with E-state index in [9.17, 15) is 0 Å². The van der Waals surface area contributed by atoms with Crippen molar-refractivity contribution in [2.75, 3.05) is 0 Å². The maximum atomic E-state index is 5.48. The molecule has 0 amide bonds. The molecule has 234 valence electrons.